The van der Waals surface area contributed by atoms with Gasteiger partial charge in [0.05, 0.1) is 0 Å². The summed E-state index contributed by atoms with van der Waals surface area (Å²) in [6, 6.07) is 1.95. The molecule has 0 amide bonds. The number of hydrogen-bond acceptors (Lipinski definition) is 2. The van der Waals surface area contributed by atoms with Gasteiger partial charge in [-0.25, -0.2) is 0 Å². The minimum atomic E-state index is 0.270. The summed E-state index contributed by atoms with van der Waals surface area (Å²) in [5.41, 5.74) is 1.91. The van der Waals surface area contributed by atoms with Crippen LogP contribution in [0.25, 0.3) is 0 Å². The Hall–Kier alpha value is -0.340. The summed E-state index contributed by atoms with van der Waals surface area (Å²) in [7, 11) is 0. The second kappa shape index (κ2) is 7.27. The maximum absolute atomic E-state index is 2.79. The van der Waals surface area contributed by atoms with Crippen molar-refractivity contribution < 1.29 is 0 Å². The van der Waals surface area contributed by atoms with Gasteiger partial charge >= 0.3 is 0 Å². The van der Waals surface area contributed by atoms with Gasteiger partial charge in [0, 0.05) is 30.6 Å². The number of likely N-dealkylation sites (tertiary alicyclic amines) is 1. The third-order valence-electron chi connectivity index (χ3n) is 6.67. The van der Waals surface area contributed by atoms with E-state index in [2.05, 4.69) is 71.3 Å². The molecule has 2 aliphatic heterocycles. The molecule has 1 saturated heterocycles. The Morgan fingerprint density at radius 3 is 2.43 bits per heavy atom. The Morgan fingerprint density at radius 2 is 1.87 bits per heavy atom. The fourth-order valence-corrected chi connectivity index (χ4v) is 4.81. The summed E-state index contributed by atoms with van der Waals surface area (Å²) in [4.78, 5) is 5.47. The predicted octanol–water partition coefficient (Wildman–Crippen LogP) is 4.81. The third-order valence-corrected chi connectivity index (χ3v) is 6.67. The smallest absolute Gasteiger partial charge is 0.0284 e. The molecule has 2 unspecified atom stereocenters. The summed E-state index contributed by atoms with van der Waals surface area (Å²) in [5.74, 6) is 1.50. The second-order valence-corrected chi connectivity index (χ2v) is 9.14. The third kappa shape index (κ3) is 4.02. The standard InChI is InChI=1S/C21H40N2/c1-9-22-14-19(13-20(18(22)5)21(6,7)8)17(4)23-12-10-11-15(2)16(23)3/h13,15-19H,9-12,14H2,1-8H3/t15-,16-,17?,18+,19?/m1/s1. The van der Waals surface area contributed by atoms with Gasteiger partial charge in [-0.2, -0.15) is 0 Å². The highest BCUT2D eigenvalue weighted by Crippen LogP contribution is 2.37. The molecule has 2 nitrogen and oxygen atoms in total. The van der Waals surface area contributed by atoms with Crippen LogP contribution < -0.4 is 0 Å². The topological polar surface area (TPSA) is 6.48 Å². The first-order valence-electron chi connectivity index (χ1n) is 9.88. The van der Waals surface area contributed by atoms with Crippen molar-refractivity contribution in [3.63, 3.8) is 0 Å². The predicted molar refractivity (Wildman–Crippen MR) is 102 cm³/mol. The Bertz CT molecular complexity index is 420. The molecule has 5 atom stereocenters. The molecule has 0 bridgehead atoms. The lowest BCUT2D eigenvalue weighted by atomic mass is 9.76. The van der Waals surface area contributed by atoms with Crippen molar-refractivity contribution in [2.24, 2.45) is 17.3 Å². The number of rotatable bonds is 3. The Balaban J connectivity index is 2.24. The van der Waals surface area contributed by atoms with Crippen molar-refractivity contribution in [2.75, 3.05) is 19.6 Å². The van der Waals surface area contributed by atoms with E-state index >= 15 is 0 Å². The van der Waals surface area contributed by atoms with Gasteiger partial charge in [0.1, 0.15) is 0 Å². The molecule has 0 radical (unpaired) electrons. The zero-order valence-electron chi connectivity index (χ0n) is 16.9. The first-order chi connectivity index (χ1) is 10.7. The average molecular weight is 321 g/mol. The lowest BCUT2D eigenvalue weighted by Gasteiger charge is -2.48. The molecule has 134 valence electrons. The molecule has 2 heteroatoms. The summed E-state index contributed by atoms with van der Waals surface area (Å²) in [5, 5.41) is 0. The van der Waals surface area contributed by atoms with Crippen LogP contribution in [0.4, 0.5) is 0 Å². The molecule has 0 aliphatic carbocycles. The highest BCUT2D eigenvalue weighted by molar-refractivity contribution is 5.23. The largest absolute Gasteiger partial charge is 0.297 e. The lowest BCUT2D eigenvalue weighted by molar-refractivity contribution is 0.0414. The van der Waals surface area contributed by atoms with Crippen LogP contribution in [0.1, 0.15) is 68.2 Å². The summed E-state index contributed by atoms with van der Waals surface area (Å²) < 4.78 is 0. The first-order valence-corrected chi connectivity index (χ1v) is 9.88. The van der Waals surface area contributed by atoms with Crippen LogP contribution in [0.5, 0.6) is 0 Å². The minimum absolute atomic E-state index is 0.270. The fourth-order valence-electron chi connectivity index (χ4n) is 4.81. The van der Waals surface area contributed by atoms with Crippen molar-refractivity contribution in [2.45, 2.75) is 86.4 Å². The van der Waals surface area contributed by atoms with Gasteiger partial charge in [0.15, 0.2) is 0 Å². The number of nitrogens with zero attached hydrogens (tertiary/aromatic N) is 2. The monoisotopic (exact) mass is 320 g/mol. The molecule has 23 heavy (non-hydrogen) atoms. The van der Waals surface area contributed by atoms with E-state index in [4.69, 9.17) is 0 Å². The SMILES string of the molecule is CCN1CC(C(C)N2CCC[C@@H](C)[C@H]2C)C=C(C(C)(C)C)[C@@H]1C. The van der Waals surface area contributed by atoms with E-state index in [-0.39, 0.29) is 5.41 Å². The molecule has 0 aromatic rings. The van der Waals surface area contributed by atoms with Gasteiger partial charge in [-0.3, -0.25) is 9.80 Å². The van der Waals surface area contributed by atoms with Gasteiger partial charge in [0.2, 0.25) is 0 Å². The minimum Gasteiger partial charge on any atom is -0.297 e. The molecule has 0 spiro atoms. The van der Waals surface area contributed by atoms with Gasteiger partial charge in [-0.05, 0) is 58.0 Å². The van der Waals surface area contributed by atoms with Crippen LogP contribution in [0.2, 0.25) is 0 Å². The van der Waals surface area contributed by atoms with E-state index in [9.17, 15) is 0 Å². The van der Waals surface area contributed by atoms with Crippen molar-refractivity contribution in [3.05, 3.63) is 11.6 Å². The van der Waals surface area contributed by atoms with E-state index in [0.717, 1.165) is 18.5 Å². The molecular weight excluding hydrogens is 280 g/mol. The molecule has 2 heterocycles. The number of hydrogen-bond donors (Lipinski definition) is 0. The van der Waals surface area contributed by atoms with Gasteiger partial charge in [0.25, 0.3) is 0 Å². The lowest BCUT2D eigenvalue weighted by Crippen LogP contribution is -2.54. The molecule has 0 N–H and O–H groups in total. The van der Waals surface area contributed by atoms with Gasteiger partial charge in [-0.1, -0.05) is 46.3 Å². The van der Waals surface area contributed by atoms with Gasteiger partial charge < -0.3 is 0 Å². The average Bonchev–Trinajstić information content (AvgIpc) is 2.48. The van der Waals surface area contributed by atoms with Crippen molar-refractivity contribution >= 4 is 0 Å². The zero-order valence-corrected chi connectivity index (χ0v) is 16.9. The van der Waals surface area contributed by atoms with Crippen LogP contribution >= 0.6 is 0 Å². The Labute approximate surface area is 145 Å². The molecule has 1 fully saturated rings. The van der Waals surface area contributed by atoms with E-state index in [0.29, 0.717) is 18.0 Å². The van der Waals surface area contributed by atoms with Crippen LogP contribution in [0.3, 0.4) is 0 Å². The van der Waals surface area contributed by atoms with Crippen LogP contribution in [-0.4, -0.2) is 47.6 Å². The summed E-state index contributed by atoms with van der Waals surface area (Å²) in [6.45, 7) is 22.8. The summed E-state index contributed by atoms with van der Waals surface area (Å²) >= 11 is 0. The fraction of sp³-hybridized carbons (Fsp3) is 0.905. The number of likely N-dealkylation sites (N-methyl/N-ethyl adjacent to an activating group) is 1. The van der Waals surface area contributed by atoms with Crippen LogP contribution in [-0.2, 0) is 0 Å². The molecule has 0 aromatic carbocycles. The van der Waals surface area contributed by atoms with E-state index < -0.39 is 0 Å². The van der Waals surface area contributed by atoms with Gasteiger partial charge in [-0.15, -0.1) is 0 Å². The zero-order chi connectivity index (χ0) is 17.4. The van der Waals surface area contributed by atoms with Crippen LogP contribution in [0, 0.1) is 17.3 Å². The second-order valence-electron chi connectivity index (χ2n) is 9.14. The molecule has 2 rings (SSSR count). The first kappa shape index (κ1) is 19.0. The van der Waals surface area contributed by atoms with Crippen molar-refractivity contribution in [1.29, 1.82) is 0 Å². The quantitative estimate of drug-likeness (QED) is 0.689. The van der Waals surface area contributed by atoms with Crippen LogP contribution in [0.15, 0.2) is 11.6 Å². The molecule has 0 aromatic heterocycles. The normalized spacial score (nSPS) is 35.9. The highest BCUT2D eigenvalue weighted by Gasteiger charge is 2.37. The van der Waals surface area contributed by atoms with Crippen molar-refractivity contribution in [1.82, 2.24) is 9.80 Å². The Kier molecular flexibility index (Phi) is 6.00. The Morgan fingerprint density at radius 1 is 1.22 bits per heavy atom. The van der Waals surface area contributed by atoms with Crippen molar-refractivity contribution in [3.8, 4) is 0 Å². The van der Waals surface area contributed by atoms with E-state index in [1.807, 2.05) is 0 Å². The maximum atomic E-state index is 2.79. The maximum Gasteiger partial charge on any atom is 0.0284 e. The molecule has 2 aliphatic rings. The molecular formula is C21H40N2. The number of piperidine rings is 1. The molecule has 0 saturated carbocycles. The van der Waals surface area contributed by atoms with E-state index in [1.165, 1.54) is 25.9 Å². The highest BCUT2D eigenvalue weighted by atomic mass is 15.2. The van der Waals surface area contributed by atoms with E-state index in [1.54, 1.807) is 5.57 Å². The summed E-state index contributed by atoms with van der Waals surface area (Å²) in [6.07, 6.45) is 5.41.